The van der Waals surface area contributed by atoms with E-state index in [9.17, 15) is 8.78 Å². The van der Waals surface area contributed by atoms with Gasteiger partial charge in [-0.1, -0.05) is 51.7 Å². The number of aromatic nitrogens is 8. The number of H-pyrrole nitrogens is 1. The third-order valence-electron chi connectivity index (χ3n) is 7.46. The van der Waals surface area contributed by atoms with Gasteiger partial charge in [0.05, 0.1) is 12.2 Å². The molecule has 1 aromatic carbocycles. The number of benzene rings is 1. The molecule has 0 aliphatic heterocycles. The van der Waals surface area contributed by atoms with Gasteiger partial charge in [0.2, 0.25) is 11.6 Å². The fraction of sp³-hybridized carbons (Fsp3) is 0.536. The summed E-state index contributed by atoms with van der Waals surface area (Å²) in [6, 6.07) is 10.3. The van der Waals surface area contributed by atoms with E-state index in [0.717, 1.165) is 29.8 Å². The van der Waals surface area contributed by atoms with E-state index < -0.39 is 5.92 Å². The van der Waals surface area contributed by atoms with Gasteiger partial charge in [0.15, 0.2) is 0 Å². The number of nitrogens with one attached hydrogen (secondary N) is 1. The number of unbranched alkanes of at least 4 members (excludes halogenated alkanes) is 1. The van der Waals surface area contributed by atoms with Crippen LogP contribution in [0.1, 0.15) is 100 Å². The molecule has 1 saturated carbocycles. The first-order valence-electron chi connectivity index (χ1n) is 13.9. The molecule has 1 N–H and O–H groups in total. The van der Waals surface area contributed by atoms with Crippen LogP contribution in [0.2, 0.25) is 0 Å². The van der Waals surface area contributed by atoms with Crippen molar-refractivity contribution in [2.45, 2.75) is 96.4 Å². The Labute approximate surface area is 221 Å². The average Bonchev–Trinajstić information content (AvgIpc) is 3.68. The highest BCUT2D eigenvalue weighted by Crippen LogP contribution is 2.39. The molecule has 3 aromatic heterocycles. The molecule has 5 rings (SSSR count). The topological polar surface area (TPSA) is 90.1 Å². The zero-order valence-electron chi connectivity index (χ0n) is 22.2. The highest BCUT2D eigenvalue weighted by atomic mass is 19.3. The summed E-state index contributed by atoms with van der Waals surface area (Å²) in [4.78, 5) is 4.26. The summed E-state index contributed by atoms with van der Waals surface area (Å²) in [7, 11) is 0. The Balaban J connectivity index is 1.42. The minimum atomic E-state index is -3.01. The monoisotopic (exact) mass is 522 g/mol. The molecule has 1 aliphatic carbocycles. The molecule has 3 heterocycles. The maximum atomic E-state index is 14.6. The summed E-state index contributed by atoms with van der Waals surface area (Å²) in [5.74, 6) is -1.69. The van der Waals surface area contributed by atoms with E-state index in [4.69, 9.17) is 0 Å². The molecule has 0 saturated heterocycles. The van der Waals surface area contributed by atoms with Gasteiger partial charge in [-0.05, 0) is 66.1 Å². The zero-order valence-corrected chi connectivity index (χ0v) is 22.2. The molecule has 0 radical (unpaired) electrons. The summed E-state index contributed by atoms with van der Waals surface area (Å²) in [6.45, 7) is 4.22. The van der Waals surface area contributed by atoms with Crippen molar-refractivity contribution in [2.75, 3.05) is 0 Å². The summed E-state index contributed by atoms with van der Waals surface area (Å²) in [5, 5.41) is 19.2. The number of nitrogens with zero attached hydrogens (tertiary/aromatic N) is 7. The van der Waals surface area contributed by atoms with Crippen LogP contribution in [0.15, 0.2) is 36.5 Å². The maximum Gasteiger partial charge on any atom is 0.308 e. The van der Waals surface area contributed by atoms with Gasteiger partial charge in [-0.15, -0.1) is 15.3 Å². The summed E-state index contributed by atoms with van der Waals surface area (Å²) in [6.07, 6.45) is 10.8. The minimum Gasteiger partial charge on any atom is -0.313 e. The molecule has 4 aromatic rings. The van der Waals surface area contributed by atoms with Crippen molar-refractivity contribution >= 4 is 0 Å². The second kappa shape index (κ2) is 11.5. The first-order chi connectivity index (χ1) is 18.5. The minimum absolute atomic E-state index is 0.249. The van der Waals surface area contributed by atoms with Crippen LogP contribution in [-0.4, -0.2) is 40.0 Å². The second-order valence-electron chi connectivity index (χ2n) is 10.3. The number of rotatable bonds is 11. The van der Waals surface area contributed by atoms with Crippen LogP contribution in [-0.2, 0) is 18.9 Å². The molecule has 1 fully saturated rings. The van der Waals surface area contributed by atoms with Gasteiger partial charge in [-0.2, -0.15) is 14.0 Å². The van der Waals surface area contributed by atoms with E-state index in [-0.39, 0.29) is 12.2 Å². The Bertz CT molecular complexity index is 1300. The van der Waals surface area contributed by atoms with E-state index in [1.165, 1.54) is 37.7 Å². The number of tetrazole rings is 1. The quantitative estimate of drug-likeness (QED) is 0.240. The number of hydrogen-bond acceptors (Lipinski definition) is 5. The van der Waals surface area contributed by atoms with Crippen molar-refractivity contribution in [1.82, 2.24) is 40.0 Å². The number of halogens is 2. The lowest BCUT2D eigenvalue weighted by Gasteiger charge is -2.22. The lowest BCUT2D eigenvalue weighted by molar-refractivity contribution is -0.0232. The lowest BCUT2D eigenvalue weighted by Crippen LogP contribution is -2.15. The summed E-state index contributed by atoms with van der Waals surface area (Å²) < 4.78 is 32.9. The van der Waals surface area contributed by atoms with Crippen molar-refractivity contribution in [3.8, 4) is 17.2 Å². The molecule has 202 valence electrons. The fourth-order valence-electron chi connectivity index (χ4n) is 5.44. The summed E-state index contributed by atoms with van der Waals surface area (Å²) >= 11 is 0. The normalized spacial score (nSPS) is 14.8. The van der Waals surface area contributed by atoms with E-state index in [1.807, 2.05) is 24.3 Å². The van der Waals surface area contributed by atoms with Crippen LogP contribution in [0.5, 0.6) is 0 Å². The van der Waals surface area contributed by atoms with Gasteiger partial charge in [0.25, 0.3) is 0 Å². The lowest BCUT2D eigenvalue weighted by atomic mass is 9.84. The Morgan fingerprint density at radius 3 is 2.50 bits per heavy atom. The van der Waals surface area contributed by atoms with Crippen molar-refractivity contribution in [2.24, 2.45) is 0 Å². The van der Waals surface area contributed by atoms with Gasteiger partial charge in [0, 0.05) is 24.7 Å². The highest BCUT2D eigenvalue weighted by molar-refractivity contribution is 5.61. The van der Waals surface area contributed by atoms with Gasteiger partial charge >= 0.3 is 5.92 Å². The SMILES string of the molecule is CCCCc1nc(C(F)(F)CCC)nn1Cc1ccc(-n2ccc(C3CCCCC3)c2-c2nn[nH]n2)cc1. The zero-order chi connectivity index (χ0) is 26.5. The van der Waals surface area contributed by atoms with Gasteiger partial charge in [-0.3, -0.25) is 0 Å². The van der Waals surface area contributed by atoms with Gasteiger partial charge in [-0.25, -0.2) is 9.67 Å². The Morgan fingerprint density at radius 2 is 1.82 bits per heavy atom. The van der Waals surface area contributed by atoms with E-state index in [1.54, 1.807) is 11.6 Å². The Morgan fingerprint density at radius 1 is 1.03 bits per heavy atom. The van der Waals surface area contributed by atoms with Crippen LogP contribution < -0.4 is 0 Å². The van der Waals surface area contributed by atoms with Crippen molar-refractivity contribution < 1.29 is 8.78 Å². The van der Waals surface area contributed by atoms with Crippen molar-refractivity contribution in [3.63, 3.8) is 0 Å². The molecule has 0 unspecified atom stereocenters. The predicted molar refractivity (Wildman–Crippen MR) is 141 cm³/mol. The van der Waals surface area contributed by atoms with Gasteiger partial charge < -0.3 is 4.57 Å². The fourth-order valence-corrected chi connectivity index (χ4v) is 5.44. The molecule has 0 amide bonds. The smallest absolute Gasteiger partial charge is 0.308 e. The third-order valence-corrected chi connectivity index (χ3v) is 7.46. The molecule has 38 heavy (non-hydrogen) atoms. The van der Waals surface area contributed by atoms with Gasteiger partial charge in [0.1, 0.15) is 5.82 Å². The van der Waals surface area contributed by atoms with E-state index >= 15 is 0 Å². The number of alkyl halides is 2. The van der Waals surface area contributed by atoms with Crippen molar-refractivity contribution in [3.05, 3.63) is 59.3 Å². The van der Waals surface area contributed by atoms with E-state index in [0.29, 0.717) is 37.0 Å². The highest BCUT2D eigenvalue weighted by Gasteiger charge is 2.36. The Hall–Kier alpha value is -3.43. The maximum absolute atomic E-state index is 14.6. The Kier molecular flexibility index (Phi) is 7.95. The number of aryl methyl sites for hydroxylation is 1. The molecule has 8 nitrogen and oxygen atoms in total. The first-order valence-corrected chi connectivity index (χ1v) is 13.9. The van der Waals surface area contributed by atoms with Crippen LogP contribution >= 0.6 is 0 Å². The van der Waals surface area contributed by atoms with Crippen LogP contribution in [0.4, 0.5) is 8.78 Å². The second-order valence-corrected chi connectivity index (χ2v) is 10.3. The third kappa shape index (κ3) is 5.54. The molecule has 10 heteroatoms. The van der Waals surface area contributed by atoms with Crippen LogP contribution in [0.25, 0.3) is 17.2 Å². The summed E-state index contributed by atoms with van der Waals surface area (Å²) in [5.41, 5.74) is 4.19. The molecule has 0 bridgehead atoms. The average molecular weight is 523 g/mol. The molecular weight excluding hydrogens is 486 g/mol. The molecular formula is C28H36F2N8. The van der Waals surface area contributed by atoms with Crippen molar-refractivity contribution in [1.29, 1.82) is 0 Å². The molecule has 0 spiro atoms. The van der Waals surface area contributed by atoms with Crippen LogP contribution in [0, 0.1) is 0 Å². The number of aromatic amines is 1. The predicted octanol–water partition coefficient (Wildman–Crippen LogP) is 6.58. The van der Waals surface area contributed by atoms with E-state index in [2.05, 4.69) is 54.5 Å². The first kappa shape index (κ1) is 26.2. The number of hydrogen-bond donors (Lipinski definition) is 1. The molecule has 1 aliphatic rings. The molecule has 0 atom stereocenters. The standard InChI is InChI=1S/C28H36F2N8/c1-3-5-11-24-31-27(28(29,30)17-4-2)34-38(24)19-20-12-14-22(15-13-20)37-18-16-23(21-9-7-6-8-10-21)25(37)26-32-35-36-33-26/h12-16,18,21H,3-11,17,19H2,1-2H3,(H,32,33,35,36). The largest absolute Gasteiger partial charge is 0.313 e. The van der Waals surface area contributed by atoms with Crippen LogP contribution in [0.3, 0.4) is 0 Å².